The standard InChI is InChI=1S/C13H28N2/c1-4-5-6-9-15(3)13(11-14)8-7-12(2)10-13/h12H,4-11,14H2,1-3H3. The molecule has 0 heterocycles. The molecule has 0 aromatic carbocycles. The molecular formula is C13H28N2. The largest absolute Gasteiger partial charge is 0.329 e. The highest BCUT2D eigenvalue weighted by molar-refractivity contribution is 4.96. The fourth-order valence-electron chi connectivity index (χ4n) is 2.89. The predicted molar refractivity (Wildman–Crippen MR) is 67.0 cm³/mol. The summed E-state index contributed by atoms with van der Waals surface area (Å²) >= 11 is 0. The third-order valence-corrected chi connectivity index (χ3v) is 4.12. The number of rotatable bonds is 6. The molecule has 1 aliphatic rings. The van der Waals surface area contributed by atoms with Crippen LogP contribution in [0.3, 0.4) is 0 Å². The molecule has 0 aromatic heterocycles. The van der Waals surface area contributed by atoms with Crippen LogP contribution in [0.4, 0.5) is 0 Å². The number of likely N-dealkylation sites (N-methyl/N-ethyl adjacent to an activating group) is 1. The van der Waals surface area contributed by atoms with E-state index in [4.69, 9.17) is 5.73 Å². The highest BCUT2D eigenvalue weighted by atomic mass is 15.2. The number of nitrogens with zero attached hydrogens (tertiary/aromatic N) is 1. The lowest BCUT2D eigenvalue weighted by atomic mass is 9.94. The lowest BCUT2D eigenvalue weighted by Gasteiger charge is -2.38. The van der Waals surface area contributed by atoms with Crippen molar-refractivity contribution < 1.29 is 0 Å². The zero-order chi connectivity index (χ0) is 11.3. The van der Waals surface area contributed by atoms with E-state index in [1.165, 1.54) is 45.1 Å². The van der Waals surface area contributed by atoms with Gasteiger partial charge in [-0.3, -0.25) is 4.90 Å². The molecule has 1 rings (SSSR count). The molecule has 2 N–H and O–H groups in total. The van der Waals surface area contributed by atoms with Crippen molar-refractivity contribution in [2.24, 2.45) is 11.7 Å². The first-order chi connectivity index (χ1) is 7.14. The maximum absolute atomic E-state index is 5.99. The Morgan fingerprint density at radius 1 is 1.40 bits per heavy atom. The normalized spacial score (nSPS) is 31.4. The molecule has 0 aromatic rings. The Kier molecular flexibility index (Phi) is 5.07. The van der Waals surface area contributed by atoms with E-state index in [-0.39, 0.29) is 0 Å². The summed E-state index contributed by atoms with van der Waals surface area (Å²) in [7, 11) is 2.26. The molecule has 2 unspecified atom stereocenters. The Morgan fingerprint density at radius 3 is 2.60 bits per heavy atom. The third kappa shape index (κ3) is 3.18. The van der Waals surface area contributed by atoms with Gasteiger partial charge in [-0.1, -0.05) is 26.7 Å². The molecule has 0 bridgehead atoms. The van der Waals surface area contributed by atoms with Gasteiger partial charge < -0.3 is 5.73 Å². The first-order valence-corrected chi connectivity index (χ1v) is 6.56. The smallest absolute Gasteiger partial charge is 0.0331 e. The van der Waals surface area contributed by atoms with Gasteiger partial charge in [0, 0.05) is 12.1 Å². The van der Waals surface area contributed by atoms with E-state index in [2.05, 4.69) is 25.8 Å². The van der Waals surface area contributed by atoms with Crippen LogP contribution < -0.4 is 5.73 Å². The van der Waals surface area contributed by atoms with Gasteiger partial charge in [0.25, 0.3) is 0 Å². The zero-order valence-electron chi connectivity index (χ0n) is 10.8. The molecule has 1 fully saturated rings. The summed E-state index contributed by atoms with van der Waals surface area (Å²) in [4.78, 5) is 2.53. The van der Waals surface area contributed by atoms with Crippen molar-refractivity contribution in [2.75, 3.05) is 20.1 Å². The minimum atomic E-state index is 0.327. The topological polar surface area (TPSA) is 29.3 Å². The second-order valence-electron chi connectivity index (χ2n) is 5.41. The summed E-state index contributed by atoms with van der Waals surface area (Å²) in [6, 6.07) is 0. The molecule has 15 heavy (non-hydrogen) atoms. The van der Waals surface area contributed by atoms with E-state index in [0.717, 1.165) is 12.5 Å². The fourth-order valence-corrected chi connectivity index (χ4v) is 2.89. The lowest BCUT2D eigenvalue weighted by Crippen LogP contribution is -2.50. The highest BCUT2D eigenvalue weighted by Crippen LogP contribution is 2.37. The Morgan fingerprint density at radius 2 is 2.13 bits per heavy atom. The maximum atomic E-state index is 5.99. The van der Waals surface area contributed by atoms with Gasteiger partial charge in [0.1, 0.15) is 0 Å². The summed E-state index contributed by atoms with van der Waals surface area (Å²) in [5, 5.41) is 0. The van der Waals surface area contributed by atoms with Gasteiger partial charge in [0.05, 0.1) is 0 Å². The average molecular weight is 212 g/mol. The molecule has 2 nitrogen and oxygen atoms in total. The molecule has 1 saturated carbocycles. The molecule has 0 radical (unpaired) electrons. The number of nitrogens with two attached hydrogens (primary N) is 1. The van der Waals surface area contributed by atoms with Gasteiger partial charge >= 0.3 is 0 Å². The molecule has 0 saturated heterocycles. The summed E-state index contributed by atoms with van der Waals surface area (Å²) < 4.78 is 0. The predicted octanol–water partition coefficient (Wildman–Crippen LogP) is 2.63. The second-order valence-corrected chi connectivity index (χ2v) is 5.41. The van der Waals surface area contributed by atoms with Crippen molar-refractivity contribution in [3.8, 4) is 0 Å². The minimum absolute atomic E-state index is 0.327. The van der Waals surface area contributed by atoms with Crippen LogP contribution in [0.2, 0.25) is 0 Å². The van der Waals surface area contributed by atoms with E-state index < -0.39 is 0 Å². The van der Waals surface area contributed by atoms with E-state index in [0.29, 0.717) is 5.54 Å². The molecule has 0 amide bonds. The van der Waals surface area contributed by atoms with E-state index >= 15 is 0 Å². The Labute approximate surface area is 95.2 Å². The van der Waals surface area contributed by atoms with Crippen LogP contribution in [0.5, 0.6) is 0 Å². The van der Waals surface area contributed by atoms with Gasteiger partial charge in [-0.05, 0) is 45.2 Å². The monoisotopic (exact) mass is 212 g/mol. The second kappa shape index (κ2) is 5.86. The first-order valence-electron chi connectivity index (χ1n) is 6.56. The van der Waals surface area contributed by atoms with Crippen LogP contribution >= 0.6 is 0 Å². The van der Waals surface area contributed by atoms with Crippen molar-refractivity contribution in [3.63, 3.8) is 0 Å². The summed E-state index contributed by atoms with van der Waals surface area (Å²) in [6.07, 6.45) is 7.93. The van der Waals surface area contributed by atoms with Crippen molar-refractivity contribution in [2.45, 2.75) is 57.9 Å². The molecule has 0 aliphatic heterocycles. The van der Waals surface area contributed by atoms with E-state index in [1.807, 2.05) is 0 Å². The number of hydrogen-bond donors (Lipinski definition) is 1. The van der Waals surface area contributed by atoms with Crippen molar-refractivity contribution >= 4 is 0 Å². The van der Waals surface area contributed by atoms with Crippen LogP contribution in [0.1, 0.15) is 52.4 Å². The summed E-state index contributed by atoms with van der Waals surface area (Å²) in [5.74, 6) is 0.863. The van der Waals surface area contributed by atoms with Crippen molar-refractivity contribution in [3.05, 3.63) is 0 Å². The quantitative estimate of drug-likeness (QED) is 0.686. The number of unbranched alkanes of at least 4 members (excludes halogenated alkanes) is 2. The fraction of sp³-hybridized carbons (Fsp3) is 1.00. The Hall–Kier alpha value is -0.0800. The Bertz CT molecular complexity index is 181. The van der Waals surface area contributed by atoms with Gasteiger partial charge in [-0.15, -0.1) is 0 Å². The van der Waals surface area contributed by atoms with Gasteiger partial charge in [0.2, 0.25) is 0 Å². The number of hydrogen-bond acceptors (Lipinski definition) is 2. The Balaban J connectivity index is 2.43. The van der Waals surface area contributed by atoms with Crippen LogP contribution in [-0.4, -0.2) is 30.6 Å². The SMILES string of the molecule is CCCCCN(C)C1(CN)CCC(C)C1. The van der Waals surface area contributed by atoms with Crippen LogP contribution in [0.15, 0.2) is 0 Å². The molecule has 90 valence electrons. The lowest BCUT2D eigenvalue weighted by molar-refractivity contribution is 0.125. The molecule has 2 heteroatoms. The molecular weight excluding hydrogens is 184 g/mol. The zero-order valence-corrected chi connectivity index (χ0v) is 10.8. The van der Waals surface area contributed by atoms with Gasteiger partial charge in [0.15, 0.2) is 0 Å². The third-order valence-electron chi connectivity index (χ3n) is 4.12. The van der Waals surface area contributed by atoms with Crippen LogP contribution in [0, 0.1) is 5.92 Å². The molecule has 1 aliphatic carbocycles. The maximum Gasteiger partial charge on any atom is 0.0331 e. The average Bonchev–Trinajstić information content (AvgIpc) is 2.62. The van der Waals surface area contributed by atoms with Crippen LogP contribution in [0.25, 0.3) is 0 Å². The highest BCUT2D eigenvalue weighted by Gasteiger charge is 2.39. The van der Waals surface area contributed by atoms with E-state index in [1.54, 1.807) is 0 Å². The van der Waals surface area contributed by atoms with Crippen LogP contribution in [-0.2, 0) is 0 Å². The van der Waals surface area contributed by atoms with Crippen molar-refractivity contribution in [1.29, 1.82) is 0 Å². The van der Waals surface area contributed by atoms with Gasteiger partial charge in [-0.2, -0.15) is 0 Å². The first kappa shape index (κ1) is 13.0. The van der Waals surface area contributed by atoms with E-state index in [9.17, 15) is 0 Å². The minimum Gasteiger partial charge on any atom is -0.329 e. The summed E-state index contributed by atoms with van der Waals surface area (Å²) in [5.41, 5.74) is 6.32. The molecule has 2 atom stereocenters. The molecule has 0 spiro atoms. The van der Waals surface area contributed by atoms with Crippen molar-refractivity contribution in [1.82, 2.24) is 4.90 Å². The van der Waals surface area contributed by atoms with Gasteiger partial charge in [-0.25, -0.2) is 0 Å². The summed E-state index contributed by atoms with van der Waals surface area (Å²) in [6.45, 7) is 6.67.